The van der Waals surface area contributed by atoms with Gasteiger partial charge >= 0.3 is 0 Å². The van der Waals surface area contributed by atoms with Gasteiger partial charge in [0.2, 0.25) is 5.91 Å². The third-order valence-electron chi connectivity index (χ3n) is 5.91. The van der Waals surface area contributed by atoms with Gasteiger partial charge in [-0.15, -0.1) is 0 Å². The van der Waals surface area contributed by atoms with Crippen molar-refractivity contribution in [2.75, 3.05) is 5.32 Å². The quantitative estimate of drug-likeness (QED) is 0.232. The summed E-state index contributed by atoms with van der Waals surface area (Å²) in [6, 6.07) is 32.3. The molecule has 196 valence electrons. The number of anilines is 1. The Hall–Kier alpha value is -5.01. The lowest BCUT2D eigenvalue weighted by Gasteiger charge is -2.12. The van der Waals surface area contributed by atoms with Crippen LogP contribution in [0.15, 0.2) is 115 Å². The molecule has 4 N–H and O–H groups in total. The van der Waals surface area contributed by atoms with Crippen LogP contribution in [0.5, 0.6) is 0 Å². The van der Waals surface area contributed by atoms with Crippen molar-refractivity contribution in [2.45, 2.75) is 19.6 Å². The van der Waals surface area contributed by atoms with Gasteiger partial charge in [-0.1, -0.05) is 84.9 Å². The van der Waals surface area contributed by atoms with E-state index < -0.39 is 11.8 Å². The normalized spacial score (nSPS) is 10.9. The minimum atomic E-state index is -0.501. The second-order valence-electron chi connectivity index (χ2n) is 8.87. The molecule has 0 aliphatic rings. The van der Waals surface area contributed by atoms with Gasteiger partial charge in [0.05, 0.1) is 13.0 Å². The highest BCUT2D eigenvalue weighted by Gasteiger charge is 2.15. The highest BCUT2D eigenvalue weighted by molar-refractivity contribution is 6.10. The molecular formula is C32H29N3O4. The Morgan fingerprint density at radius 2 is 1.31 bits per heavy atom. The molecule has 0 fully saturated rings. The molecule has 7 nitrogen and oxygen atoms in total. The van der Waals surface area contributed by atoms with E-state index >= 15 is 0 Å². The Balaban J connectivity index is 1.42. The fraction of sp³-hybridized carbons (Fsp3) is 0.0938. The summed E-state index contributed by atoms with van der Waals surface area (Å²) >= 11 is 0. The number of rotatable bonds is 10. The van der Waals surface area contributed by atoms with Gasteiger partial charge in [0, 0.05) is 17.8 Å². The first-order valence-electron chi connectivity index (χ1n) is 12.5. The highest BCUT2D eigenvalue weighted by Crippen LogP contribution is 2.14. The lowest BCUT2D eigenvalue weighted by atomic mass is 10.1. The molecule has 0 spiro atoms. The van der Waals surface area contributed by atoms with E-state index in [1.807, 2.05) is 30.3 Å². The van der Waals surface area contributed by atoms with E-state index in [9.17, 15) is 19.5 Å². The van der Waals surface area contributed by atoms with Crippen molar-refractivity contribution in [1.82, 2.24) is 10.6 Å². The average molecular weight is 520 g/mol. The fourth-order valence-corrected chi connectivity index (χ4v) is 3.78. The van der Waals surface area contributed by atoms with Gasteiger partial charge in [0.1, 0.15) is 5.70 Å². The molecule has 39 heavy (non-hydrogen) atoms. The molecule has 0 radical (unpaired) electrons. The third-order valence-corrected chi connectivity index (χ3v) is 5.91. The van der Waals surface area contributed by atoms with E-state index in [1.165, 1.54) is 0 Å². The zero-order chi connectivity index (χ0) is 27.5. The zero-order valence-corrected chi connectivity index (χ0v) is 21.3. The Bertz CT molecular complexity index is 1430. The molecule has 7 heteroatoms. The number of hydrogen-bond donors (Lipinski definition) is 4. The van der Waals surface area contributed by atoms with Crippen molar-refractivity contribution in [3.8, 4) is 0 Å². The van der Waals surface area contributed by atoms with Crippen LogP contribution in [0.3, 0.4) is 0 Å². The molecule has 0 aliphatic carbocycles. The zero-order valence-electron chi connectivity index (χ0n) is 21.3. The van der Waals surface area contributed by atoms with Gasteiger partial charge < -0.3 is 21.1 Å². The number of carbonyl (C=O) groups is 3. The highest BCUT2D eigenvalue weighted by atomic mass is 16.3. The topological polar surface area (TPSA) is 108 Å². The average Bonchev–Trinajstić information content (AvgIpc) is 2.98. The molecule has 0 aromatic heterocycles. The first-order chi connectivity index (χ1) is 19.0. The number of aliphatic hydroxyl groups is 1. The standard InChI is InChI=1S/C32H29N3O4/c36-22-26-13-11-23(12-14-26)19-29(35-31(38)27-9-5-2-6-10-27)32(39)34-28-17-15-24(16-18-28)20-30(37)33-21-25-7-3-1-4-8-25/h1-19,36H,20-22H2,(H,33,37)(H,34,39)(H,35,38)/b29-19-. The number of nitrogens with one attached hydrogen (secondary N) is 3. The van der Waals surface area contributed by atoms with Crippen LogP contribution in [0.1, 0.15) is 32.6 Å². The molecule has 0 bridgehead atoms. The smallest absolute Gasteiger partial charge is 0.272 e. The van der Waals surface area contributed by atoms with E-state index in [0.29, 0.717) is 23.4 Å². The Kier molecular flexibility index (Phi) is 9.37. The maximum Gasteiger partial charge on any atom is 0.272 e. The Morgan fingerprint density at radius 3 is 1.95 bits per heavy atom. The Labute approximate surface area is 227 Å². The van der Waals surface area contributed by atoms with E-state index in [1.54, 1.807) is 84.9 Å². The molecule has 0 saturated carbocycles. The van der Waals surface area contributed by atoms with E-state index in [0.717, 1.165) is 16.7 Å². The summed E-state index contributed by atoms with van der Waals surface area (Å²) in [5.41, 5.74) is 4.24. The molecule has 4 aromatic rings. The summed E-state index contributed by atoms with van der Waals surface area (Å²) < 4.78 is 0. The summed E-state index contributed by atoms with van der Waals surface area (Å²) in [6.07, 6.45) is 1.78. The van der Waals surface area contributed by atoms with Gasteiger partial charge in [-0.05, 0) is 52.6 Å². The molecular weight excluding hydrogens is 490 g/mol. The van der Waals surface area contributed by atoms with Crippen LogP contribution in [-0.4, -0.2) is 22.8 Å². The number of benzene rings is 4. The molecule has 0 unspecified atom stereocenters. The van der Waals surface area contributed by atoms with Gasteiger partial charge in [-0.2, -0.15) is 0 Å². The van der Waals surface area contributed by atoms with Crippen LogP contribution in [0, 0.1) is 0 Å². The van der Waals surface area contributed by atoms with Gasteiger partial charge in [0.25, 0.3) is 11.8 Å². The van der Waals surface area contributed by atoms with Crippen LogP contribution in [0.25, 0.3) is 6.08 Å². The van der Waals surface area contributed by atoms with Crippen molar-refractivity contribution in [2.24, 2.45) is 0 Å². The molecule has 3 amide bonds. The van der Waals surface area contributed by atoms with Crippen LogP contribution in [0.2, 0.25) is 0 Å². The van der Waals surface area contributed by atoms with Crippen molar-refractivity contribution in [3.05, 3.63) is 143 Å². The minimum absolute atomic E-state index is 0.0602. The first kappa shape index (κ1) is 27.0. The van der Waals surface area contributed by atoms with Crippen molar-refractivity contribution in [1.29, 1.82) is 0 Å². The fourth-order valence-electron chi connectivity index (χ4n) is 3.78. The third kappa shape index (κ3) is 8.24. The van der Waals surface area contributed by atoms with Crippen LogP contribution in [-0.2, 0) is 29.2 Å². The number of carbonyl (C=O) groups excluding carboxylic acids is 3. The second kappa shape index (κ2) is 13.5. The van der Waals surface area contributed by atoms with Gasteiger partial charge in [-0.25, -0.2) is 0 Å². The van der Waals surface area contributed by atoms with Crippen LogP contribution in [0.4, 0.5) is 5.69 Å². The molecule has 0 atom stereocenters. The molecule has 4 aromatic carbocycles. The largest absolute Gasteiger partial charge is 0.392 e. The first-order valence-corrected chi connectivity index (χ1v) is 12.5. The predicted molar refractivity (Wildman–Crippen MR) is 151 cm³/mol. The summed E-state index contributed by atoms with van der Waals surface area (Å²) in [5.74, 6) is -1.02. The minimum Gasteiger partial charge on any atom is -0.392 e. The summed E-state index contributed by atoms with van der Waals surface area (Å²) in [4.78, 5) is 38.3. The van der Waals surface area contributed by atoms with Gasteiger partial charge in [-0.3, -0.25) is 14.4 Å². The second-order valence-corrected chi connectivity index (χ2v) is 8.87. The Morgan fingerprint density at radius 1 is 0.692 bits per heavy atom. The van der Waals surface area contributed by atoms with E-state index in [2.05, 4.69) is 16.0 Å². The molecule has 0 saturated heterocycles. The number of amides is 3. The van der Waals surface area contributed by atoms with Crippen molar-refractivity contribution >= 4 is 29.5 Å². The van der Waals surface area contributed by atoms with Crippen LogP contribution >= 0.6 is 0 Å². The SMILES string of the molecule is O=C(Cc1ccc(NC(=O)/C(=C/c2ccc(CO)cc2)NC(=O)c2ccccc2)cc1)NCc1ccccc1. The van der Waals surface area contributed by atoms with Crippen LogP contribution < -0.4 is 16.0 Å². The molecule has 4 rings (SSSR count). The summed E-state index contributed by atoms with van der Waals surface area (Å²) in [7, 11) is 0. The predicted octanol–water partition coefficient (Wildman–Crippen LogP) is 4.45. The molecule has 0 heterocycles. The van der Waals surface area contributed by atoms with Gasteiger partial charge in [0.15, 0.2) is 0 Å². The molecule has 0 aliphatic heterocycles. The number of hydrogen-bond acceptors (Lipinski definition) is 4. The number of aliphatic hydroxyl groups excluding tert-OH is 1. The maximum absolute atomic E-state index is 13.2. The van der Waals surface area contributed by atoms with Crippen molar-refractivity contribution < 1.29 is 19.5 Å². The van der Waals surface area contributed by atoms with E-state index in [4.69, 9.17) is 0 Å². The maximum atomic E-state index is 13.2. The van der Waals surface area contributed by atoms with Crippen molar-refractivity contribution in [3.63, 3.8) is 0 Å². The monoisotopic (exact) mass is 519 g/mol. The summed E-state index contributed by atoms with van der Waals surface area (Å²) in [6.45, 7) is 0.368. The summed E-state index contributed by atoms with van der Waals surface area (Å²) in [5, 5.41) is 17.7. The lowest BCUT2D eigenvalue weighted by Crippen LogP contribution is -2.30. The van der Waals surface area contributed by atoms with E-state index in [-0.39, 0.29) is 24.6 Å². The lowest BCUT2D eigenvalue weighted by molar-refractivity contribution is -0.120.